The van der Waals surface area contributed by atoms with Gasteiger partial charge in [0.15, 0.2) is 0 Å². The van der Waals surface area contributed by atoms with Crippen LogP contribution in [0.5, 0.6) is 0 Å². The van der Waals surface area contributed by atoms with Gasteiger partial charge in [0, 0.05) is 6.04 Å². The maximum Gasteiger partial charge on any atom is 0.0974 e. The second kappa shape index (κ2) is 4.68. The number of ether oxygens (including phenoxy) is 1. The Bertz CT molecular complexity index is 285. The van der Waals surface area contributed by atoms with Gasteiger partial charge < -0.3 is 4.74 Å². The zero-order valence-corrected chi connectivity index (χ0v) is 10.3. The van der Waals surface area contributed by atoms with E-state index in [0.29, 0.717) is 12.1 Å². The van der Waals surface area contributed by atoms with Crippen molar-refractivity contribution >= 4 is 18.8 Å². The lowest BCUT2D eigenvalue weighted by Gasteiger charge is -2.21. The standard InChI is InChI=1S/C10H15NOP2/c13-11(14)9(10-7-12-10)6-8-4-2-1-3-5-8/h1-5,9-10H,6-7,13-14H2/t9-,10+/m0/s1. The fourth-order valence-corrected chi connectivity index (χ4v) is 2.16. The summed E-state index contributed by atoms with van der Waals surface area (Å²) in [4.78, 5) is 0. The molecule has 0 aliphatic carbocycles. The van der Waals surface area contributed by atoms with Crippen molar-refractivity contribution in [2.24, 2.45) is 0 Å². The second-order valence-corrected chi connectivity index (χ2v) is 5.36. The molecule has 0 spiro atoms. The van der Waals surface area contributed by atoms with Crippen molar-refractivity contribution in [1.82, 2.24) is 4.44 Å². The maximum atomic E-state index is 5.34. The van der Waals surface area contributed by atoms with Gasteiger partial charge in [-0.3, -0.25) is 4.44 Å². The molecule has 0 aromatic heterocycles. The summed E-state index contributed by atoms with van der Waals surface area (Å²) in [5, 5.41) is 0. The lowest BCUT2D eigenvalue weighted by atomic mass is 10.0. The number of hydrogen-bond donors (Lipinski definition) is 0. The van der Waals surface area contributed by atoms with Gasteiger partial charge >= 0.3 is 0 Å². The van der Waals surface area contributed by atoms with Crippen molar-refractivity contribution in [3.05, 3.63) is 35.9 Å². The maximum absolute atomic E-state index is 5.34. The van der Waals surface area contributed by atoms with Crippen LogP contribution in [0.2, 0.25) is 0 Å². The molecule has 1 aliphatic heterocycles. The predicted octanol–water partition coefficient (Wildman–Crippen LogP) is 1.88. The highest BCUT2D eigenvalue weighted by molar-refractivity contribution is 7.30. The van der Waals surface area contributed by atoms with Gasteiger partial charge in [0.2, 0.25) is 0 Å². The number of nitrogens with zero attached hydrogens (tertiary/aromatic N) is 1. The molecule has 14 heavy (non-hydrogen) atoms. The van der Waals surface area contributed by atoms with E-state index >= 15 is 0 Å². The predicted molar refractivity (Wildman–Crippen MR) is 64.9 cm³/mol. The number of epoxide rings is 1. The first kappa shape index (κ1) is 10.5. The average Bonchev–Trinajstić information content (AvgIpc) is 2.99. The molecule has 1 aromatic carbocycles. The zero-order valence-electron chi connectivity index (χ0n) is 7.97. The minimum absolute atomic E-state index is 0.408. The summed E-state index contributed by atoms with van der Waals surface area (Å²) in [6.07, 6.45) is 1.45. The molecule has 2 rings (SSSR count). The van der Waals surface area contributed by atoms with Gasteiger partial charge in [-0.2, -0.15) is 0 Å². The van der Waals surface area contributed by atoms with Crippen molar-refractivity contribution in [2.45, 2.75) is 18.6 Å². The van der Waals surface area contributed by atoms with E-state index in [1.165, 1.54) is 5.56 Å². The Morgan fingerprint density at radius 1 is 1.36 bits per heavy atom. The third-order valence-electron chi connectivity index (χ3n) is 2.46. The van der Waals surface area contributed by atoms with Crippen LogP contribution in [-0.2, 0) is 11.2 Å². The molecule has 4 heteroatoms. The molecule has 1 aliphatic rings. The van der Waals surface area contributed by atoms with Crippen LogP contribution in [0.4, 0.5) is 0 Å². The Balaban J connectivity index is 2.00. The topological polar surface area (TPSA) is 15.8 Å². The van der Waals surface area contributed by atoms with E-state index in [9.17, 15) is 0 Å². The first-order chi connectivity index (χ1) is 6.77. The lowest BCUT2D eigenvalue weighted by Crippen LogP contribution is -2.27. The fourth-order valence-electron chi connectivity index (χ4n) is 1.56. The lowest BCUT2D eigenvalue weighted by molar-refractivity contribution is 0.329. The second-order valence-electron chi connectivity index (χ2n) is 3.58. The molecule has 0 bridgehead atoms. The van der Waals surface area contributed by atoms with E-state index in [1.807, 2.05) is 6.07 Å². The fraction of sp³-hybridized carbons (Fsp3) is 0.400. The normalized spacial score (nSPS) is 22.4. The highest BCUT2D eigenvalue weighted by atomic mass is 31.1. The summed E-state index contributed by atoms with van der Waals surface area (Å²) in [7, 11) is 5.39. The largest absolute Gasteiger partial charge is 0.371 e. The smallest absolute Gasteiger partial charge is 0.0974 e. The first-order valence-corrected chi connectivity index (χ1v) is 5.75. The van der Waals surface area contributed by atoms with Crippen LogP contribution in [0.3, 0.4) is 0 Å². The monoisotopic (exact) mass is 227 g/mol. The Labute approximate surface area is 89.5 Å². The molecule has 1 heterocycles. The van der Waals surface area contributed by atoms with Crippen LogP contribution in [0.25, 0.3) is 0 Å². The minimum Gasteiger partial charge on any atom is -0.371 e. The van der Waals surface area contributed by atoms with Crippen LogP contribution >= 0.6 is 18.8 Å². The molecule has 0 amide bonds. The van der Waals surface area contributed by atoms with Gasteiger partial charge in [-0.05, 0) is 12.0 Å². The van der Waals surface area contributed by atoms with E-state index in [-0.39, 0.29) is 0 Å². The molecular weight excluding hydrogens is 212 g/mol. The summed E-state index contributed by atoms with van der Waals surface area (Å²) in [6, 6.07) is 11.0. The van der Waals surface area contributed by atoms with Crippen molar-refractivity contribution in [2.75, 3.05) is 6.61 Å². The van der Waals surface area contributed by atoms with Gasteiger partial charge in [-0.1, -0.05) is 49.1 Å². The van der Waals surface area contributed by atoms with Crippen LogP contribution in [0, 0.1) is 0 Å². The summed E-state index contributed by atoms with van der Waals surface area (Å²) >= 11 is 0. The van der Waals surface area contributed by atoms with Crippen molar-refractivity contribution < 1.29 is 4.74 Å². The molecule has 0 N–H and O–H groups in total. The summed E-state index contributed by atoms with van der Waals surface area (Å²) in [6.45, 7) is 0.900. The molecule has 1 fully saturated rings. The van der Waals surface area contributed by atoms with Crippen molar-refractivity contribution in [1.29, 1.82) is 0 Å². The summed E-state index contributed by atoms with van der Waals surface area (Å²) < 4.78 is 7.42. The van der Waals surface area contributed by atoms with Crippen LogP contribution < -0.4 is 0 Å². The Hall–Kier alpha value is 0.0000000000000000347. The molecule has 0 saturated carbocycles. The highest BCUT2D eigenvalue weighted by Gasteiger charge is 2.34. The van der Waals surface area contributed by atoms with Gasteiger partial charge in [-0.25, -0.2) is 0 Å². The number of hydrogen-bond acceptors (Lipinski definition) is 2. The van der Waals surface area contributed by atoms with E-state index in [0.717, 1.165) is 13.0 Å². The molecular formula is C10H15NOP2. The van der Waals surface area contributed by atoms with Crippen LogP contribution in [-0.4, -0.2) is 23.2 Å². The third-order valence-corrected chi connectivity index (χ3v) is 3.22. The number of benzene rings is 1. The Morgan fingerprint density at radius 3 is 2.50 bits per heavy atom. The van der Waals surface area contributed by atoms with Crippen molar-refractivity contribution in [3.8, 4) is 0 Å². The zero-order chi connectivity index (χ0) is 9.97. The van der Waals surface area contributed by atoms with E-state index in [1.54, 1.807) is 0 Å². The number of rotatable bonds is 4. The molecule has 1 aromatic rings. The van der Waals surface area contributed by atoms with Crippen LogP contribution in [0.1, 0.15) is 5.56 Å². The molecule has 4 atom stereocenters. The first-order valence-electron chi connectivity index (χ1n) is 4.71. The SMILES string of the molecule is PN(P)[C@@H](Cc1ccccc1)[C@H]1CO1. The van der Waals surface area contributed by atoms with Crippen molar-refractivity contribution in [3.63, 3.8) is 0 Å². The van der Waals surface area contributed by atoms with Gasteiger partial charge in [-0.15, -0.1) is 0 Å². The molecule has 0 radical (unpaired) electrons. The molecule has 2 unspecified atom stereocenters. The third kappa shape index (κ3) is 2.74. The Kier molecular flexibility index (Phi) is 3.52. The Morgan fingerprint density at radius 2 is 2.00 bits per heavy atom. The van der Waals surface area contributed by atoms with Gasteiger partial charge in [0.1, 0.15) is 0 Å². The van der Waals surface area contributed by atoms with E-state index in [2.05, 4.69) is 47.5 Å². The van der Waals surface area contributed by atoms with E-state index in [4.69, 9.17) is 4.74 Å². The molecule has 76 valence electrons. The van der Waals surface area contributed by atoms with Gasteiger partial charge in [0.25, 0.3) is 0 Å². The minimum atomic E-state index is 0.408. The highest BCUT2D eigenvalue weighted by Crippen LogP contribution is 2.27. The van der Waals surface area contributed by atoms with Crippen LogP contribution in [0.15, 0.2) is 30.3 Å². The van der Waals surface area contributed by atoms with Gasteiger partial charge in [0.05, 0.1) is 12.7 Å². The summed E-state index contributed by atoms with van der Waals surface area (Å²) in [5.74, 6) is 0. The molecule has 2 nitrogen and oxygen atoms in total. The summed E-state index contributed by atoms with van der Waals surface area (Å²) in [5.41, 5.74) is 1.36. The molecule has 1 saturated heterocycles. The average molecular weight is 227 g/mol. The quantitative estimate of drug-likeness (QED) is 0.576. The van der Waals surface area contributed by atoms with E-state index < -0.39 is 0 Å².